The molecule has 17 heavy (non-hydrogen) atoms. The van der Waals surface area contributed by atoms with Crippen molar-refractivity contribution in [3.63, 3.8) is 0 Å². The molecule has 1 amide bonds. The van der Waals surface area contributed by atoms with E-state index in [-0.39, 0.29) is 12.3 Å². The highest BCUT2D eigenvalue weighted by Gasteiger charge is 2.33. The molecule has 2 rings (SSSR count). The molecule has 0 fully saturated rings. The third-order valence-electron chi connectivity index (χ3n) is 2.81. The van der Waals surface area contributed by atoms with Gasteiger partial charge in [-0.25, -0.2) is 0 Å². The van der Waals surface area contributed by atoms with Gasteiger partial charge in [-0.1, -0.05) is 12.1 Å². The predicted molar refractivity (Wildman–Crippen MR) is 62.8 cm³/mol. The molecule has 3 N–H and O–H groups in total. The minimum Gasteiger partial charge on any atom is -0.481 e. The maximum absolute atomic E-state index is 11.8. The van der Waals surface area contributed by atoms with E-state index in [2.05, 4.69) is 10.6 Å². The van der Waals surface area contributed by atoms with Gasteiger partial charge >= 0.3 is 5.97 Å². The van der Waals surface area contributed by atoms with E-state index in [4.69, 9.17) is 5.11 Å². The van der Waals surface area contributed by atoms with E-state index in [0.29, 0.717) is 12.0 Å². The largest absolute Gasteiger partial charge is 0.481 e. The van der Waals surface area contributed by atoms with E-state index in [0.717, 1.165) is 5.69 Å². The van der Waals surface area contributed by atoms with E-state index >= 15 is 0 Å². The van der Waals surface area contributed by atoms with Gasteiger partial charge in [-0.15, -0.1) is 0 Å². The third-order valence-corrected chi connectivity index (χ3v) is 2.81. The van der Waals surface area contributed by atoms with Gasteiger partial charge in [0.1, 0.15) is 5.66 Å². The molecule has 1 aliphatic heterocycles. The van der Waals surface area contributed by atoms with Crippen molar-refractivity contribution in [3.05, 3.63) is 29.8 Å². The van der Waals surface area contributed by atoms with Gasteiger partial charge in [-0.05, 0) is 25.5 Å². The fourth-order valence-electron chi connectivity index (χ4n) is 1.92. The first kappa shape index (κ1) is 11.4. The molecule has 0 aliphatic carbocycles. The molecule has 90 valence electrons. The maximum Gasteiger partial charge on any atom is 0.303 e. The quantitative estimate of drug-likeness (QED) is 0.739. The van der Waals surface area contributed by atoms with Gasteiger partial charge in [0.15, 0.2) is 0 Å². The molecule has 0 aromatic heterocycles. The van der Waals surface area contributed by atoms with Crippen molar-refractivity contribution >= 4 is 17.6 Å². The summed E-state index contributed by atoms with van der Waals surface area (Å²) in [6.07, 6.45) is 0.342. The van der Waals surface area contributed by atoms with Crippen molar-refractivity contribution in [1.29, 1.82) is 0 Å². The topological polar surface area (TPSA) is 78.4 Å². The zero-order valence-corrected chi connectivity index (χ0v) is 9.49. The number of carbonyl (C=O) groups is 2. The molecule has 5 heteroatoms. The lowest BCUT2D eigenvalue weighted by Gasteiger charge is -2.37. The fraction of sp³-hybridized carbons (Fsp3) is 0.333. The Bertz CT molecular complexity index is 473. The highest BCUT2D eigenvalue weighted by Crippen LogP contribution is 2.26. The van der Waals surface area contributed by atoms with Gasteiger partial charge in [0, 0.05) is 12.1 Å². The van der Waals surface area contributed by atoms with Gasteiger partial charge in [0.2, 0.25) is 0 Å². The Hall–Kier alpha value is -2.04. The molecular formula is C12H14N2O3. The number of carboxylic acids is 1. The summed E-state index contributed by atoms with van der Waals surface area (Å²) in [6.45, 7) is 1.78. The van der Waals surface area contributed by atoms with E-state index in [9.17, 15) is 9.59 Å². The molecule has 0 spiro atoms. The second-order valence-corrected chi connectivity index (χ2v) is 4.35. The number of amides is 1. The molecule has 1 aromatic carbocycles. The third kappa shape index (κ3) is 2.38. The number of rotatable bonds is 3. The second kappa shape index (κ2) is 4.08. The summed E-state index contributed by atoms with van der Waals surface area (Å²) in [5.74, 6) is -1.05. The summed E-state index contributed by atoms with van der Waals surface area (Å²) in [6, 6.07) is 7.17. The number of fused-ring (bicyclic) bond motifs is 1. The number of anilines is 1. The molecule has 0 bridgehead atoms. The minimum atomic E-state index is -0.874. The number of aliphatic carboxylic acids is 1. The summed E-state index contributed by atoms with van der Waals surface area (Å²) >= 11 is 0. The number of hydrogen-bond donors (Lipinski definition) is 3. The van der Waals surface area contributed by atoms with Crippen molar-refractivity contribution in [2.24, 2.45) is 0 Å². The van der Waals surface area contributed by atoms with E-state index in [1.165, 1.54) is 0 Å². The number of hydrogen-bond acceptors (Lipinski definition) is 3. The highest BCUT2D eigenvalue weighted by atomic mass is 16.4. The molecule has 1 aromatic rings. The number of carbonyl (C=O) groups excluding carboxylic acids is 1. The zero-order valence-electron chi connectivity index (χ0n) is 9.49. The Balaban J connectivity index is 2.21. The molecule has 5 nitrogen and oxygen atoms in total. The normalized spacial score (nSPS) is 22.3. The monoisotopic (exact) mass is 234 g/mol. The summed E-state index contributed by atoms with van der Waals surface area (Å²) in [7, 11) is 0. The molecule has 1 atom stereocenters. The maximum atomic E-state index is 11.8. The van der Waals surface area contributed by atoms with E-state index in [1.807, 2.05) is 12.1 Å². The van der Waals surface area contributed by atoms with Crippen molar-refractivity contribution in [2.75, 3.05) is 5.32 Å². The number of carboxylic acid groups (broad SMARTS) is 1. The average Bonchev–Trinajstić information content (AvgIpc) is 2.26. The van der Waals surface area contributed by atoms with Crippen LogP contribution in [0.3, 0.4) is 0 Å². The van der Waals surface area contributed by atoms with E-state index < -0.39 is 11.6 Å². The lowest BCUT2D eigenvalue weighted by molar-refractivity contribution is -0.137. The Labute approximate surface area is 98.8 Å². The average molecular weight is 234 g/mol. The number of benzene rings is 1. The van der Waals surface area contributed by atoms with Crippen LogP contribution in [0.2, 0.25) is 0 Å². The Morgan fingerprint density at radius 2 is 2.06 bits per heavy atom. The summed E-state index contributed by atoms with van der Waals surface area (Å²) in [5, 5.41) is 14.6. The first-order valence-electron chi connectivity index (χ1n) is 5.42. The Kier molecular flexibility index (Phi) is 2.75. The van der Waals surface area contributed by atoms with Crippen molar-refractivity contribution in [1.82, 2.24) is 5.32 Å². The van der Waals surface area contributed by atoms with Crippen LogP contribution in [0.15, 0.2) is 24.3 Å². The second-order valence-electron chi connectivity index (χ2n) is 4.35. The van der Waals surface area contributed by atoms with Crippen molar-refractivity contribution < 1.29 is 14.7 Å². The molecule has 0 saturated carbocycles. The SMILES string of the molecule is CC1(CCC(=O)O)NC(=O)c2ccccc2N1. The van der Waals surface area contributed by atoms with Crippen LogP contribution < -0.4 is 10.6 Å². The van der Waals surface area contributed by atoms with Gasteiger partial charge in [-0.2, -0.15) is 0 Å². The predicted octanol–water partition coefficient (Wildman–Crippen LogP) is 1.42. The number of para-hydroxylation sites is 1. The molecule has 1 unspecified atom stereocenters. The molecular weight excluding hydrogens is 220 g/mol. The molecule has 1 aliphatic rings. The van der Waals surface area contributed by atoms with Crippen LogP contribution in [0, 0.1) is 0 Å². The van der Waals surface area contributed by atoms with Crippen LogP contribution >= 0.6 is 0 Å². The van der Waals surface area contributed by atoms with Gasteiger partial charge < -0.3 is 15.7 Å². The highest BCUT2D eigenvalue weighted by molar-refractivity contribution is 6.02. The van der Waals surface area contributed by atoms with Crippen LogP contribution in [0.4, 0.5) is 5.69 Å². The number of nitrogens with one attached hydrogen (secondary N) is 2. The summed E-state index contributed by atoms with van der Waals surface area (Å²) in [4.78, 5) is 22.4. The van der Waals surface area contributed by atoms with Crippen LogP contribution in [0.5, 0.6) is 0 Å². The Morgan fingerprint density at radius 3 is 2.76 bits per heavy atom. The van der Waals surface area contributed by atoms with Gasteiger partial charge in [-0.3, -0.25) is 9.59 Å². The van der Waals surface area contributed by atoms with Crippen LogP contribution in [0.1, 0.15) is 30.1 Å². The van der Waals surface area contributed by atoms with E-state index in [1.54, 1.807) is 19.1 Å². The Morgan fingerprint density at radius 1 is 1.35 bits per heavy atom. The summed E-state index contributed by atoms with van der Waals surface area (Å²) in [5.41, 5.74) is 0.619. The minimum absolute atomic E-state index is 0.00590. The lowest BCUT2D eigenvalue weighted by Crippen LogP contribution is -2.55. The first-order chi connectivity index (χ1) is 8.00. The van der Waals surface area contributed by atoms with Crippen LogP contribution in [-0.2, 0) is 4.79 Å². The standard InChI is InChI=1S/C12H14N2O3/c1-12(7-6-10(15)16)13-9-5-3-2-4-8(9)11(17)14-12/h2-5,13H,6-7H2,1H3,(H,14,17)(H,15,16). The first-order valence-corrected chi connectivity index (χ1v) is 5.42. The lowest BCUT2D eigenvalue weighted by atomic mass is 9.99. The van der Waals surface area contributed by atoms with Crippen molar-refractivity contribution in [2.45, 2.75) is 25.4 Å². The smallest absolute Gasteiger partial charge is 0.303 e. The van der Waals surface area contributed by atoms with Crippen LogP contribution in [-0.4, -0.2) is 22.6 Å². The van der Waals surface area contributed by atoms with Crippen LogP contribution in [0.25, 0.3) is 0 Å². The van der Waals surface area contributed by atoms with Gasteiger partial charge in [0.05, 0.1) is 5.56 Å². The summed E-state index contributed by atoms with van der Waals surface area (Å²) < 4.78 is 0. The van der Waals surface area contributed by atoms with Crippen molar-refractivity contribution in [3.8, 4) is 0 Å². The van der Waals surface area contributed by atoms with Gasteiger partial charge in [0.25, 0.3) is 5.91 Å². The zero-order chi connectivity index (χ0) is 12.5. The molecule has 0 saturated heterocycles. The molecule has 1 heterocycles. The molecule has 0 radical (unpaired) electrons. The fourth-order valence-corrected chi connectivity index (χ4v) is 1.92.